The topological polar surface area (TPSA) is 39.6 Å². The molecule has 27 heavy (non-hydrogen) atoms. The molecule has 1 N–H and O–H groups in total. The Labute approximate surface area is 162 Å². The summed E-state index contributed by atoms with van der Waals surface area (Å²) in [5, 5.41) is 13.1. The number of nitrogens with zero attached hydrogens (tertiary/aromatic N) is 3. The number of rotatable bonds is 4. The zero-order valence-corrected chi connectivity index (χ0v) is 15.8. The van der Waals surface area contributed by atoms with Crippen LogP contribution in [0.15, 0.2) is 53.9 Å². The molecule has 0 unspecified atom stereocenters. The average Bonchev–Trinajstić information content (AvgIpc) is 3.01. The second kappa shape index (κ2) is 8.06. The zero-order valence-electron chi connectivity index (χ0n) is 15.0. The molecule has 6 heteroatoms. The van der Waals surface area contributed by atoms with Gasteiger partial charge in [-0.3, -0.25) is 4.90 Å². The van der Waals surface area contributed by atoms with Crippen LogP contribution >= 0.6 is 11.3 Å². The maximum Gasteiger partial charge on any atom is 0.138 e. The number of anilines is 1. The molecule has 4 rings (SSSR count). The highest BCUT2D eigenvalue weighted by Crippen LogP contribution is 2.28. The third-order valence-electron chi connectivity index (χ3n) is 4.84. The minimum Gasteiger partial charge on any atom is -0.506 e. The van der Waals surface area contributed by atoms with Crippen LogP contribution in [0.5, 0.6) is 5.75 Å². The number of halogens is 1. The molecule has 1 saturated heterocycles. The molecule has 0 amide bonds. The van der Waals surface area contributed by atoms with Crippen molar-refractivity contribution in [3.05, 3.63) is 65.4 Å². The van der Waals surface area contributed by atoms with Crippen molar-refractivity contribution in [1.29, 1.82) is 0 Å². The Bertz CT molecular complexity index is 896. The van der Waals surface area contributed by atoms with Gasteiger partial charge in [0.25, 0.3) is 0 Å². The van der Waals surface area contributed by atoms with Gasteiger partial charge in [0.1, 0.15) is 16.6 Å². The SMILES string of the molecule is Oc1ccccc1N1CCCN(Cc2csc(-c3ccc(F)cc3)n2)CC1. The fourth-order valence-corrected chi connectivity index (χ4v) is 4.25. The average molecular weight is 383 g/mol. The fraction of sp³-hybridized carbons (Fsp3) is 0.286. The van der Waals surface area contributed by atoms with Crippen molar-refractivity contribution in [3.8, 4) is 16.3 Å². The summed E-state index contributed by atoms with van der Waals surface area (Å²) >= 11 is 1.60. The first-order chi connectivity index (χ1) is 13.2. The van der Waals surface area contributed by atoms with Crippen LogP contribution in [-0.2, 0) is 6.54 Å². The van der Waals surface area contributed by atoms with E-state index in [1.165, 1.54) is 12.1 Å². The van der Waals surface area contributed by atoms with Crippen LogP contribution in [0.25, 0.3) is 10.6 Å². The van der Waals surface area contributed by atoms with Crippen LogP contribution in [0.1, 0.15) is 12.1 Å². The van der Waals surface area contributed by atoms with Crippen molar-refractivity contribution in [3.63, 3.8) is 0 Å². The second-order valence-corrected chi connectivity index (χ2v) is 7.61. The molecule has 0 saturated carbocycles. The summed E-state index contributed by atoms with van der Waals surface area (Å²) < 4.78 is 13.1. The number of phenols is 1. The molecule has 1 fully saturated rings. The summed E-state index contributed by atoms with van der Waals surface area (Å²) in [4.78, 5) is 9.38. The smallest absolute Gasteiger partial charge is 0.138 e. The maximum absolute atomic E-state index is 13.1. The van der Waals surface area contributed by atoms with Gasteiger partial charge in [-0.15, -0.1) is 11.3 Å². The summed E-state index contributed by atoms with van der Waals surface area (Å²) in [5.41, 5.74) is 2.91. The van der Waals surface area contributed by atoms with Crippen molar-refractivity contribution in [1.82, 2.24) is 9.88 Å². The molecule has 0 atom stereocenters. The molecule has 1 aromatic heterocycles. The highest BCUT2D eigenvalue weighted by Gasteiger charge is 2.18. The number of hydrogen-bond acceptors (Lipinski definition) is 5. The second-order valence-electron chi connectivity index (χ2n) is 6.76. The Balaban J connectivity index is 1.39. The number of benzene rings is 2. The first kappa shape index (κ1) is 17.9. The standard InChI is InChI=1S/C21H22FN3OS/c22-17-8-6-16(7-9-17)21-23-18(15-27-21)14-24-10-3-11-25(13-12-24)19-4-1-2-5-20(19)26/h1-2,4-9,15,26H,3,10-14H2. The molecule has 0 radical (unpaired) electrons. The summed E-state index contributed by atoms with van der Waals surface area (Å²) in [6.07, 6.45) is 1.04. The number of para-hydroxylation sites is 2. The van der Waals surface area contributed by atoms with Gasteiger partial charge in [0.2, 0.25) is 0 Å². The summed E-state index contributed by atoms with van der Waals surface area (Å²) in [6, 6.07) is 14.0. The van der Waals surface area contributed by atoms with Crippen LogP contribution in [0.4, 0.5) is 10.1 Å². The minimum absolute atomic E-state index is 0.228. The number of aromatic hydroxyl groups is 1. The Hall–Kier alpha value is -2.44. The Kier molecular flexibility index (Phi) is 5.36. The van der Waals surface area contributed by atoms with Crippen LogP contribution in [0, 0.1) is 5.82 Å². The van der Waals surface area contributed by atoms with E-state index in [0.29, 0.717) is 5.75 Å². The first-order valence-electron chi connectivity index (χ1n) is 9.15. The van der Waals surface area contributed by atoms with E-state index in [4.69, 9.17) is 4.98 Å². The maximum atomic E-state index is 13.1. The van der Waals surface area contributed by atoms with Crippen LogP contribution in [-0.4, -0.2) is 41.2 Å². The molecule has 140 valence electrons. The fourth-order valence-electron chi connectivity index (χ4n) is 3.44. The number of hydrogen-bond donors (Lipinski definition) is 1. The molecule has 2 heterocycles. The van der Waals surface area contributed by atoms with E-state index in [-0.39, 0.29) is 5.82 Å². The normalized spacial score (nSPS) is 15.7. The van der Waals surface area contributed by atoms with Gasteiger partial charge in [-0.1, -0.05) is 12.1 Å². The highest BCUT2D eigenvalue weighted by molar-refractivity contribution is 7.13. The predicted octanol–water partition coefficient (Wildman–Crippen LogP) is 4.37. The quantitative estimate of drug-likeness (QED) is 0.726. The molecule has 0 aliphatic carbocycles. The third-order valence-corrected chi connectivity index (χ3v) is 5.78. The molecule has 1 aliphatic rings. The molecular weight excluding hydrogens is 361 g/mol. The monoisotopic (exact) mass is 383 g/mol. The van der Waals surface area contributed by atoms with E-state index in [0.717, 1.165) is 61.1 Å². The lowest BCUT2D eigenvalue weighted by Gasteiger charge is -2.24. The molecule has 0 spiro atoms. The molecule has 0 bridgehead atoms. The number of thiazole rings is 1. The minimum atomic E-state index is -0.228. The Morgan fingerprint density at radius 2 is 1.81 bits per heavy atom. The zero-order chi connectivity index (χ0) is 18.6. The van der Waals surface area contributed by atoms with Gasteiger partial charge in [-0.05, 0) is 42.8 Å². The van der Waals surface area contributed by atoms with Crippen molar-refractivity contribution < 1.29 is 9.50 Å². The lowest BCUT2D eigenvalue weighted by atomic mass is 10.2. The van der Waals surface area contributed by atoms with E-state index in [1.54, 1.807) is 29.5 Å². The van der Waals surface area contributed by atoms with Crippen LogP contribution in [0.3, 0.4) is 0 Å². The molecule has 4 nitrogen and oxygen atoms in total. The van der Waals surface area contributed by atoms with Crippen molar-refractivity contribution in [2.24, 2.45) is 0 Å². The molecular formula is C21H22FN3OS. The largest absolute Gasteiger partial charge is 0.506 e. The van der Waals surface area contributed by atoms with E-state index in [9.17, 15) is 9.50 Å². The Morgan fingerprint density at radius 3 is 2.63 bits per heavy atom. The van der Waals surface area contributed by atoms with Gasteiger partial charge in [-0.2, -0.15) is 0 Å². The van der Waals surface area contributed by atoms with Crippen LogP contribution < -0.4 is 4.90 Å². The third kappa shape index (κ3) is 4.28. The number of phenolic OH excluding ortho intramolecular Hbond substituents is 1. The van der Waals surface area contributed by atoms with Gasteiger partial charge in [0.15, 0.2) is 0 Å². The summed E-state index contributed by atoms with van der Waals surface area (Å²) in [5.74, 6) is 0.114. The van der Waals surface area contributed by atoms with E-state index in [2.05, 4.69) is 15.2 Å². The highest BCUT2D eigenvalue weighted by atomic mass is 32.1. The molecule has 3 aromatic rings. The lowest BCUT2D eigenvalue weighted by molar-refractivity contribution is 0.282. The lowest BCUT2D eigenvalue weighted by Crippen LogP contribution is -2.30. The molecule has 2 aromatic carbocycles. The van der Waals surface area contributed by atoms with Gasteiger partial charge in [0, 0.05) is 43.7 Å². The van der Waals surface area contributed by atoms with Gasteiger partial charge in [-0.25, -0.2) is 9.37 Å². The summed E-state index contributed by atoms with van der Waals surface area (Å²) in [7, 11) is 0. The van der Waals surface area contributed by atoms with E-state index >= 15 is 0 Å². The van der Waals surface area contributed by atoms with Gasteiger partial charge < -0.3 is 10.0 Å². The first-order valence-corrected chi connectivity index (χ1v) is 10.0. The van der Waals surface area contributed by atoms with Crippen molar-refractivity contribution in [2.75, 3.05) is 31.1 Å². The predicted molar refractivity (Wildman–Crippen MR) is 108 cm³/mol. The van der Waals surface area contributed by atoms with Crippen LogP contribution in [0.2, 0.25) is 0 Å². The van der Waals surface area contributed by atoms with E-state index < -0.39 is 0 Å². The van der Waals surface area contributed by atoms with Gasteiger partial charge in [0.05, 0.1) is 11.4 Å². The number of aromatic nitrogens is 1. The van der Waals surface area contributed by atoms with Gasteiger partial charge >= 0.3 is 0 Å². The van der Waals surface area contributed by atoms with E-state index in [1.807, 2.05) is 18.2 Å². The Morgan fingerprint density at radius 1 is 1.00 bits per heavy atom. The summed E-state index contributed by atoms with van der Waals surface area (Å²) in [6.45, 7) is 4.57. The molecule has 1 aliphatic heterocycles. The van der Waals surface area contributed by atoms with Crippen molar-refractivity contribution in [2.45, 2.75) is 13.0 Å². The van der Waals surface area contributed by atoms with Crippen molar-refractivity contribution >= 4 is 17.0 Å².